The van der Waals surface area contributed by atoms with Gasteiger partial charge in [0.05, 0.1) is 10.5 Å². The molecular formula is C9H11BrN2O2. The number of hydrogen-bond donors (Lipinski definition) is 1. The first-order chi connectivity index (χ1) is 6.50. The van der Waals surface area contributed by atoms with E-state index in [-0.39, 0.29) is 16.3 Å². The standard InChI is InChI=1S/C9H11BrN2O2/c1-6(10)9(14)11-7-3-4-8(13)12(2)5-7/h3-6H,1-2H3,(H,11,14). The van der Waals surface area contributed by atoms with Crippen LogP contribution < -0.4 is 10.9 Å². The number of halogens is 1. The number of nitrogens with one attached hydrogen (secondary N) is 1. The average Bonchev–Trinajstić information content (AvgIpc) is 2.11. The van der Waals surface area contributed by atoms with Gasteiger partial charge in [0, 0.05) is 19.3 Å². The third kappa shape index (κ3) is 2.70. The van der Waals surface area contributed by atoms with Gasteiger partial charge >= 0.3 is 0 Å². The topological polar surface area (TPSA) is 51.1 Å². The van der Waals surface area contributed by atoms with Crippen LogP contribution in [-0.2, 0) is 11.8 Å². The summed E-state index contributed by atoms with van der Waals surface area (Å²) in [6, 6.07) is 2.99. The minimum atomic E-state index is -0.250. The molecule has 0 aliphatic rings. The van der Waals surface area contributed by atoms with E-state index in [2.05, 4.69) is 21.2 Å². The summed E-state index contributed by atoms with van der Waals surface area (Å²) in [6.07, 6.45) is 1.58. The first kappa shape index (κ1) is 11.0. The fourth-order valence-electron chi connectivity index (χ4n) is 0.910. The molecule has 0 aromatic carbocycles. The molecule has 1 rings (SSSR count). The number of aryl methyl sites for hydroxylation is 1. The number of amides is 1. The number of pyridine rings is 1. The fourth-order valence-corrected chi connectivity index (χ4v) is 1.02. The number of anilines is 1. The molecule has 0 bridgehead atoms. The smallest absolute Gasteiger partial charge is 0.250 e. The van der Waals surface area contributed by atoms with Crippen molar-refractivity contribution in [2.45, 2.75) is 11.8 Å². The van der Waals surface area contributed by atoms with Gasteiger partial charge in [-0.15, -0.1) is 0 Å². The molecule has 1 unspecified atom stereocenters. The van der Waals surface area contributed by atoms with Crippen LogP contribution in [0.1, 0.15) is 6.92 Å². The molecule has 1 amide bonds. The predicted molar refractivity (Wildman–Crippen MR) is 58.7 cm³/mol. The molecule has 0 radical (unpaired) electrons. The molecule has 4 nitrogen and oxygen atoms in total. The van der Waals surface area contributed by atoms with Crippen LogP contribution in [0, 0.1) is 0 Å². The van der Waals surface area contributed by atoms with E-state index in [9.17, 15) is 9.59 Å². The molecule has 0 spiro atoms. The largest absolute Gasteiger partial charge is 0.324 e. The molecular weight excluding hydrogens is 248 g/mol. The van der Waals surface area contributed by atoms with Crippen LogP contribution in [0.4, 0.5) is 5.69 Å². The Morgan fingerprint density at radius 2 is 2.21 bits per heavy atom. The molecule has 0 saturated heterocycles. The van der Waals surface area contributed by atoms with Gasteiger partial charge in [-0.05, 0) is 13.0 Å². The molecule has 1 aromatic heterocycles. The molecule has 5 heteroatoms. The second-order valence-corrected chi connectivity index (χ2v) is 4.35. The SMILES string of the molecule is CC(Br)C(=O)Nc1ccc(=O)n(C)c1. The zero-order valence-corrected chi connectivity index (χ0v) is 9.54. The third-order valence-corrected chi connectivity index (χ3v) is 2.13. The van der Waals surface area contributed by atoms with Gasteiger partial charge < -0.3 is 9.88 Å². The Kier molecular flexibility index (Phi) is 3.46. The van der Waals surface area contributed by atoms with Crippen molar-refractivity contribution < 1.29 is 4.79 Å². The Morgan fingerprint density at radius 1 is 1.57 bits per heavy atom. The monoisotopic (exact) mass is 258 g/mol. The van der Waals surface area contributed by atoms with E-state index < -0.39 is 0 Å². The summed E-state index contributed by atoms with van der Waals surface area (Å²) >= 11 is 3.15. The quantitative estimate of drug-likeness (QED) is 0.809. The van der Waals surface area contributed by atoms with E-state index in [0.29, 0.717) is 5.69 Å². The number of carbonyl (C=O) groups is 1. The first-order valence-electron chi connectivity index (χ1n) is 4.12. The van der Waals surface area contributed by atoms with Gasteiger partial charge in [0.25, 0.3) is 0 Å². The highest BCUT2D eigenvalue weighted by atomic mass is 79.9. The van der Waals surface area contributed by atoms with Gasteiger partial charge in [-0.3, -0.25) is 9.59 Å². The lowest BCUT2D eigenvalue weighted by molar-refractivity contribution is -0.115. The zero-order valence-electron chi connectivity index (χ0n) is 7.95. The number of rotatable bonds is 2. The number of hydrogen-bond acceptors (Lipinski definition) is 2. The molecule has 0 aliphatic heterocycles. The van der Waals surface area contributed by atoms with Crippen molar-refractivity contribution in [2.75, 3.05) is 5.32 Å². The zero-order chi connectivity index (χ0) is 10.7. The molecule has 0 fully saturated rings. The maximum atomic E-state index is 11.3. The summed E-state index contributed by atoms with van der Waals surface area (Å²) in [4.78, 5) is 22.0. The molecule has 1 aromatic rings. The number of carbonyl (C=O) groups excluding carboxylic acids is 1. The second-order valence-electron chi connectivity index (χ2n) is 2.97. The van der Waals surface area contributed by atoms with Gasteiger partial charge in [-0.25, -0.2) is 0 Å². The van der Waals surface area contributed by atoms with Gasteiger partial charge in [0.1, 0.15) is 0 Å². The van der Waals surface area contributed by atoms with Crippen molar-refractivity contribution in [1.82, 2.24) is 4.57 Å². The van der Waals surface area contributed by atoms with E-state index in [4.69, 9.17) is 0 Å². The highest BCUT2D eigenvalue weighted by Gasteiger charge is 2.08. The lowest BCUT2D eigenvalue weighted by Crippen LogP contribution is -2.22. The Balaban J connectivity index is 2.83. The molecule has 0 aliphatic carbocycles. The Morgan fingerprint density at radius 3 is 2.71 bits per heavy atom. The summed E-state index contributed by atoms with van der Waals surface area (Å²) in [5, 5.41) is 2.66. The van der Waals surface area contributed by atoms with E-state index >= 15 is 0 Å². The van der Waals surface area contributed by atoms with Crippen LogP contribution in [0.15, 0.2) is 23.1 Å². The van der Waals surface area contributed by atoms with Crippen LogP contribution in [0.3, 0.4) is 0 Å². The van der Waals surface area contributed by atoms with Crippen molar-refractivity contribution >= 4 is 27.5 Å². The summed E-state index contributed by atoms with van der Waals surface area (Å²) in [6.45, 7) is 1.73. The van der Waals surface area contributed by atoms with Crippen LogP contribution in [0.2, 0.25) is 0 Å². The summed E-state index contributed by atoms with van der Waals surface area (Å²) in [5.41, 5.74) is 0.512. The molecule has 1 N–H and O–H groups in total. The average molecular weight is 259 g/mol. The van der Waals surface area contributed by atoms with E-state index in [1.807, 2.05) is 0 Å². The van der Waals surface area contributed by atoms with Gasteiger partial charge in [0.2, 0.25) is 11.5 Å². The molecule has 1 atom stereocenters. The Hall–Kier alpha value is -1.10. The first-order valence-corrected chi connectivity index (χ1v) is 5.04. The Labute approximate surface area is 90.1 Å². The van der Waals surface area contributed by atoms with Crippen LogP contribution in [0.25, 0.3) is 0 Å². The molecule has 0 saturated carbocycles. The van der Waals surface area contributed by atoms with Crippen molar-refractivity contribution in [1.29, 1.82) is 0 Å². The minimum absolute atomic E-state index is 0.102. The van der Waals surface area contributed by atoms with Crippen LogP contribution in [0.5, 0.6) is 0 Å². The lowest BCUT2D eigenvalue weighted by atomic mass is 10.3. The lowest BCUT2D eigenvalue weighted by Gasteiger charge is -2.07. The number of nitrogens with zero attached hydrogens (tertiary/aromatic N) is 1. The van der Waals surface area contributed by atoms with E-state index in [1.54, 1.807) is 26.2 Å². The van der Waals surface area contributed by atoms with Gasteiger partial charge in [-0.2, -0.15) is 0 Å². The van der Waals surface area contributed by atoms with Gasteiger partial charge in [0.15, 0.2) is 0 Å². The van der Waals surface area contributed by atoms with Crippen molar-refractivity contribution in [3.8, 4) is 0 Å². The third-order valence-electron chi connectivity index (χ3n) is 1.71. The summed E-state index contributed by atoms with van der Waals surface area (Å²) in [5.74, 6) is -0.136. The molecule has 1 heterocycles. The van der Waals surface area contributed by atoms with Crippen molar-refractivity contribution in [3.05, 3.63) is 28.7 Å². The highest BCUT2D eigenvalue weighted by Crippen LogP contribution is 2.06. The van der Waals surface area contributed by atoms with E-state index in [1.165, 1.54) is 10.6 Å². The van der Waals surface area contributed by atoms with Crippen molar-refractivity contribution in [3.63, 3.8) is 0 Å². The Bertz CT molecular complexity index is 398. The summed E-state index contributed by atoms with van der Waals surface area (Å²) < 4.78 is 1.41. The van der Waals surface area contributed by atoms with Crippen LogP contribution >= 0.6 is 15.9 Å². The fraction of sp³-hybridized carbons (Fsp3) is 0.333. The maximum Gasteiger partial charge on any atom is 0.250 e. The van der Waals surface area contributed by atoms with Crippen molar-refractivity contribution in [2.24, 2.45) is 7.05 Å². The second kappa shape index (κ2) is 4.41. The molecule has 14 heavy (non-hydrogen) atoms. The normalized spacial score (nSPS) is 12.2. The number of aromatic nitrogens is 1. The van der Waals surface area contributed by atoms with Gasteiger partial charge in [-0.1, -0.05) is 15.9 Å². The maximum absolute atomic E-state index is 11.3. The van der Waals surface area contributed by atoms with E-state index in [0.717, 1.165) is 0 Å². The number of alkyl halides is 1. The van der Waals surface area contributed by atoms with Crippen LogP contribution in [-0.4, -0.2) is 15.3 Å². The minimum Gasteiger partial charge on any atom is -0.324 e. The highest BCUT2D eigenvalue weighted by molar-refractivity contribution is 9.10. The molecule has 76 valence electrons. The summed E-state index contributed by atoms with van der Waals surface area (Å²) in [7, 11) is 1.63. The predicted octanol–water partition coefficient (Wildman–Crippen LogP) is 1.11.